The molecule has 0 atom stereocenters. The number of hydrogen-bond acceptors (Lipinski definition) is 3. The lowest BCUT2D eigenvalue weighted by Crippen LogP contribution is -2.62. The number of benzene rings is 10. The van der Waals surface area contributed by atoms with Gasteiger partial charge in [0.25, 0.3) is 6.71 Å². The molecule has 0 saturated carbocycles. The highest BCUT2D eigenvalue weighted by atomic mass is 15.2. The first-order chi connectivity index (χ1) is 40.3. The fourth-order valence-corrected chi connectivity index (χ4v) is 14.2. The lowest BCUT2D eigenvalue weighted by molar-refractivity contribution is 0.586. The lowest BCUT2D eigenvalue weighted by Gasteiger charge is -2.47. The molecule has 0 spiro atoms. The Morgan fingerprint density at radius 2 is 0.882 bits per heavy atom. The van der Waals surface area contributed by atoms with Crippen LogP contribution in [0.4, 0.5) is 51.2 Å². The quantitative estimate of drug-likeness (QED) is 0.147. The van der Waals surface area contributed by atoms with Gasteiger partial charge in [-0.15, -0.1) is 0 Å². The van der Waals surface area contributed by atoms with E-state index in [1.165, 1.54) is 123 Å². The molecule has 0 N–H and O–H groups in total. The summed E-state index contributed by atoms with van der Waals surface area (Å²) in [5.41, 5.74) is 32.5. The molecule has 0 fully saturated rings. The Morgan fingerprint density at radius 1 is 0.376 bits per heavy atom. The van der Waals surface area contributed by atoms with E-state index in [2.05, 4.69) is 332 Å². The van der Waals surface area contributed by atoms with Crippen LogP contribution in [0.5, 0.6) is 0 Å². The summed E-state index contributed by atoms with van der Waals surface area (Å²) in [6.45, 7) is 37.5. The van der Waals surface area contributed by atoms with Crippen molar-refractivity contribution >= 4 is 74.3 Å². The van der Waals surface area contributed by atoms with Gasteiger partial charge in [0.05, 0.1) is 0 Å². The molecule has 424 valence electrons. The number of aryl methyl sites for hydroxylation is 1. The molecule has 10 aromatic rings. The zero-order chi connectivity index (χ0) is 59.9. The molecule has 2 aliphatic heterocycles. The molecular formula is C81H82BN3. The van der Waals surface area contributed by atoms with E-state index in [9.17, 15) is 0 Å². The van der Waals surface area contributed by atoms with Crippen LogP contribution in [0.25, 0.3) is 33.4 Å². The predicted molar refractivity (Wildman–Crippen MR) is 368 cm³/mol. The molecule has 3 aliphatic rings. The van der Waals surface area contributed by atoms with Crippen molar-refractivity contribution in [3.8, 4) is 33.4 Å². The second kappa shape index (κ2) is 19.9. The number of anilines is 9. The van der Waals surface area contributed by atoms with Gasteiger partial charge >= 0.3 is 0 Å². The van der Waals surface area contributed by atoms with Gasteiger partial charge in [-0.3, -0.25) is 0 Å². The largest absolute Gasteiger partial charge is 0.311 e. The van der Waals surface area contributed by atoms with E-state index in [0.29, 0.717) is 0 Å². The van der Waals surface area contributed by atoms with Gasteiger partial charge in [0.15, 0.2) is 0 Å². The van der Waals surface area contributed by atoms with Gasteiger partial charge in [-0.05, 0) is 203 Å². The van der Waals surface area contributed by atoms with Crippen molar-refractivity contribution in [1.82, 2.24) is 0 Å². The van der Waals surface area contributed by atoms with Gasteiger partial charge in [-0.2, -0.15) is 0 Å². The first-order valence-corrected chi connectivity index (χ1v) is 30.9. The summed E-state index contributed by atoms with van der Waals surface area (Å²) >= 11 is 0. The molecule has 1 aliphatic carbocycles. The predicted octanol–water partition coefficient (Wildman–Crippen LogP) is 20.7. The Labute approximate surface area is 508 Å². The molecule has 4 heteroatoms. The molecule has 3 nitrogen and oxygen atoms in total. The summed E-state index contributed by atoms with van der Waals surface area (Å²) in [5, 5.41) is 0. The van der Waals surface area contributed by atoms with Gasteiger partial charge in [-0.1, -0.05) is 230 Å². The highest BCUT2D eigenvalue weighted by Crippen LogP contribution is 2.53. The van der Waals surface area contributed by atoms with Crippen LogP contribution in [0.3, 0.4) is 0 Å². The molecule has 10 aromatic carbocycles. The van der Waals surface area contributed by atoms with E-state index in [1.54, 1.807) is 0 Å². The van der Waals surface area contributed by atoms with Crippen molar-refractivity contribution < 1.29 is 0 Å². The number of hydrogen-bond donors (Lipinski definition) is 0. The summed E-state index contributed by atoms with van der Waals surface area (Å²) in [7, 11) is 0. The summed E-state index contributed by atoms with van der Waals surface area (Å²) in [4.78, 5) is 7.74. The van der Waals surface area contributed by atoms with Crippen molar-refractivity contribution in [2.45, 2.75) is 138 Å². The fourth-order valence-electron chi connectivity index (χ4n) is 14.2. The number of nitrogens with zero attached hydrogens (tertiary/aromatic N) is 3. The lowest BCUT2D eigenvalue weighted by atomic mass is 9.33. The maximum absolute atomic E-state index is 2.65. The minimum atomic E-state index is -0.182. The van der Waals surface area contributed by atoms with E-state index < -0.39 is 0 Å². The SMILES string of the molecule is Cc1cc(C(C)(C)C)cc2c1N(c1ccc(C(C)(C)C)cc1)c1c(C)c(C(C)(C)C)cc3c1B2c1ccc(N(c2ccc(-c4ccccc4)cc2)c2ccc(C(C)(C)C)cc2)cc1N3c1ccc(-c2ccc3c(c2)-c2ccccc2C3(C)C)cc1. The van der Waals surface area contributed by atoms with Crippen molar-refractivity contribution in [3.05, 3.63) is 251 Å². The molecule has 0 radical (unpaired) electrons. The van der Waals surface area contributed by atoms with Crippen LogP contribution >= 0.6 is 0 Å². The van der Waals surface area contributed by atoms with Crippen LogP contribution in [0, 0.1) is 13.8 Å². The van der Waals surface area contributed by atoms with E-state index in [-0.39, 0.29) is 33.8 Å². The molecule has 2 heterocycles. The average molecular weight is 1110 g/mol. The average Bonchev–Trinajstić information content (AvgIpc) is 3.40. The van der Waals surface area contributed by atoms with E-state index in [1.807, 2.05) is 0 Å². The van der Waals surface area contributed by atoms with Gasteiger partial charge < -0.3 is 14.7 Å². The Hall–Kier alpha value is -8.34. The first kappa shape index (κ1) is 55.8. The van der Waals surface area contributed by atoms with E-state index >= 15 is 0 Å². The third kappa shape index (κ3) is 9.43. The highest BCUT2D eigenvalue weighted by molar-refractivity contribution is 7.00. The third-order valence-electron chi connectivity index (χ3n) is 18.9. The standard InChI is InChI=1S/C81H82BN3/c1-51-46-59(79(9,10)11)48-71-75(51)85(63-41-33-58(34-42-63)78(6,7)8)76-52(2)69(80(12,13)14)50-73-74(76)82(71)70-45-43-64(83(61-39-31-57(32-40-61)77(3,4)5)60-35-26-54(27-36-60)53-22-18-17-19-23-53)49-72(70)84(73)62-37-28-55(29-38-62)56-30-44-68-66(47-56)65-24-20-21-25-67(65)81(68,15)16/h17-50H,1-16H3. The maximum Gasteiger partial charge on any atom is 0.252 e. The maximum atomic E-state index is 2.65. The van der Waals surface area contributed by atoms with Crippen molar-refractivity contribution in [3.63, 3.8) is 0 Å². The zero-order valence-corrected chi connectivity index (χ0v) is 53.0. The Balaban J connectivity index is 1.08. The molecule has 0 saturated heterocycles. The summed E-state index contributed by atoms with van der Waals surface area (Å²) in [6, 6.07) is 79.2. The van der Waals surface area contributed by atoms with Crippen LogP contribution < -0.4 is 31.1 Å². The van der Waals surface area contributed by atoms with Gasteiger partial charge in [-0.25, -0.2) is 0 Å². The fraction of sp³-hybridized carbons (Fsp3) is 0.259. The summed E-state index contributed by atoms with van der Waals surface area (Å²) < 4.78 is 0. The molecule has 13 rings (SSSR count). The van der Waals surface area contributed by atoms with Crippen LogP contribution in [0.2, 0.25) is 0 Å². The number of fused-ring (bicyclic) bond motifs is 7. The zero-order valence-electron chi connectivity index (χ0n) is 53.0. The Kier molecular flexibility index (Phi) is 13.1. The van der Waals surface area contributed by atoms with E-state index in [0.717, 1.165) is 22.7 Å². The van der Waals surface area contributed by atoms with E-state index in [4.69, 9.17) is 0 Å². The monoisotopic (exact) mass is 1110 g/mol. The Bertz CT molecular complexity index is 4230. The smallest absolute Gasteiger partial charge is 0.252 e. The molecule has 0 bridgehead atoms. The molecule has 85 heavy (non-hydrogen) atoms. The van der Waals surface area contributed by atoms with Crippen LogP contribution in [0.1, 0.15) is 141 Å². The summed E-state index contributed by atoms with van der Waals surface area (Å²) in [6.07, 6.45) is 0. The molecular weight excluding hydrogens is 1030 g/mol. The minimum absolute atomic E-state index is 0.00884. The second-order valence-corrected chi connectivity index (χ2v) is 29.2. The topological polar surface area (TPSA) is 9.72 Å². The molecule has 0 unspecified atom stereocenters. The van der Waals surface area contributed by atoms with Crippen LogP contribution in [0.15, 0.2) is 206 Å². The Morgan fingerprint density at radius 3 is 1.51 bits per heavy atom. The van der Waals surface area contributed by atoms with Gasteiger partial charge in [0.2, 0.25) is 0 Å². The van der Waals surface area contributed by atoms with Crippen molar-refractivity contribution in [2.75, 3.05) is 14.7 Å². The minimum Gasteiger partial charge on any atom is -0.311 e. The van der Waals surface area contributed by atoms with Gasteiger partial charge in [0.1, 0.15) is 0 Å². The van der Waals surface area contributed by atoms with Crippen LogP contribution in [-0.2, 0) is 27.1 Å². The van der Waals surface area contributed by atoms with Crippen molar-refractivity contribution in [2.24, 2.45) is 0 Å². The van der Waals surface area contributed by atoms with Crippen molar-refractivity contribution in [1.29, 1.82) is 0 Å². The third-order valence-corrected chi connectivity index (χ3v) is 18.9. The molecule has 0 amide bonds. The first-order valence-electron chi connectivity index (χ1n) is 30.9. The second-order valence-electron chi connectivity index (χ2n) is 29.2. The molecule has 0 aromatic heterocycles. The summed E-state index contributed by atoms with van der Waals surface area (Å²) in [5.74, 6) is 0. The van der Waals surface area contributed by atoms with Crippen LogP contribution in [-0.4, -0.2) is 6.71 Å². The highest BCUT2D eigenvalue weighted by Gasteiger charge is 2.47. The normalized spacial score (nSPS) is 14.1. The number of rotatable bonds is 7. The van der Waals surface area contributed by atoms with Gasteiger partial charge in [0, 0.05) is 56.6 Å².